The van der Waals surface area contributed by atoms with Gasteiger partial charge >= 0.3 is 0 Å². The van der Waals surface area contributed by atoms with Gasteiger partial charge in [-0.3, -0.25) is 9.69 Å². The Kier molecular flexibility index (Phi) is 5.27. The number of morpholine rings is 1. The summed E-state index contributed by atoms with van der Waals surface area (Å²) in [6.45, 7) is 4.69. The standard InChI is InChI=1S/C18H20FNO4/c1-13(21)17-3-2-15(8-18(17)19)24-12-16-10-20(5-7-23-16)9-14-4-6-22-11-14/h2-4,6,8,11,16H,5,7,9-10,12H2,1H3. The van der Waals surface area contributed by atoms with Crippen LogP contribution in [-0.2, 0) is 11.3 Å². The summed E-state index contributed by atoms with van der Waals surface area (Å²) in [4.78, 5) is 13.5. The zero-order valence-corrected chi connectivity index (χ0v) is 13.5. The minimum absolute atomic E-state index is 0.0718. The number of nitrogens with zero attached hydrogens (tertiary/aromatic N) is 1. The normalized spacial score (nSPS) is 18.5. The quantitative estimate of drug-likeness (QED) is 0.761. The van der Waals surface area contributed by atoms with Crippen LogP contribution in [-0.4, -0.2) is 43.1 Å². The topological polar surface area (TPSA) is 51.9 Å². The SMILES string of the molecule is CC(=O)c1ccc(OCC2CN(Cc3ccoc3)CCO2)cc1F. The average Bonchev–Trinajstić information content (AvgIpc) is 3.06. The van der Waals surface area contributed by atoms with Crippen molar-refractivity contribution in [2.24, 2.45) is 0 Å². The number of carbonyl (C=O) groups is 1. The van der Waals surface area contributed by atoms with Crippen LogP contribution in [0.2, 0.25) is 0 Å². The van der Waals surface area contributed by atoms with E-state index in [1.807, 2.05) is 6.07 Å². The summed E-state index contributed by atoms with van der Waals surface area (Å²) in [5, 5.41) is 0. The Bertz CT molecular complexity index is 686. The van der Waals surface area contributed by atoms with Crippen molar-refractivity contribution in [3.63, 3.8) is 0 Å². The molecule has 0 spiro atoms. The summed E-state index contributed by atoms with van der Waals surface area (Å²) >= 11 is 0. The fourth-order valence-electron chi connectivity index (χ4n) is 2.73. The Balaban J connectivity index is 1.52. The molecule has 1 aliphatic heterocycles. The highest BCUT2D eigenvalue weighted by Gasteiger charge is 2.21. The number of furan rings is 1. The van der Waals surface area contributed by atoms with Crippen LogP contribution in [0.5, 0.6) is 5.75 Å². The van der Waals surface area contributed by atoms with Crippen molar-refractivity contribution < 1.29 is 23.1 Å². The lowest BCUT2D eigenvalue weighted by atomic mass is 10.1. The maximum Gasteiger partial charge on any atom is 0.162 e. The van der Waals surface area contributed by atoms with E-state index >= 15 is 0 Å². The third-order valence-electron chi connectivity index (χ3n) is 3.96. The zero-order valence-electron chi connectivity index (χ0n) is 13.5. The molecule has 3 rings (SSSR count). The average molecular weight is 333 g/mol. The van der Waals surface area contributed by atoms with Crippen molar-refractivity contribution >= 4 is 5.78 Å². The molecule has 128 valence electrons. The molecule has 1 aromatic heterocycles. The van der Waals surface area contributed by atoms with Crippen molar-refractivity contribution in [3.8, 4) is 5.75 Å². The molecule has 0 saturated carbocycles. The maximum atomic E-state index is 13.8. The number of Topliss-reactive ketones (excluding diaryl/α,β-unsaturated/α-hetero) is 1. The predicted molar refractivity (Wildman–Crippen MR) is 85.6 cm³/mol. The Morgan fingerprint density at radius 1 is 1.42 bits per heavy atom. The fourth-order valence-corrected chi connectivity index (χ4v) is 2.73. The molecule has 1 atom stereocenters. The van der Waals surface area contributed by atoms with E-state index in [1.54, 1.807) is 18.6 Å². The van der Waals surface area contributed by atoms with Crippen LogP contribution in [0.3, 0.4) is 0 Å². The minimum Gasteiger partial charge on any atom is -0.491 e. The van der Waals surface area contributed by atoms with Crippen LogP contribution in [0.4, 0.5) is 4.39 Å². The van der Waals surface area contributed by atoms with Gasteiger partial charge in [-0.2, -0.15) is 0 Å². The summed E-state index contributed by atoms with van der Waals surface area (Å²) in [7, 11) is 0. The number of carbonyl (C=O) groups excluding carboxylic acids is 1. The second-order valence-corrected chi connectivity index (χ2v) is 5.87. The summed E-state index contributed by atoms with van der Waals surface area (Å²) in [6.07, 6.45) is 3.32. The molecule has 0 aliphatic carbocycles. The summed E-state index contributed by atoms with van der Waals surface area (Å²) in [6, 6.07) is 6.23. The number of benzene rings is 1. The minimum atomic E-state index is -0.564. The van der Waals surface area contributed by atoms with E-state index in [0.29, 0.717) is 19.0 Å². The first kappa shape index (κ1) is 16.7. The van der Waals surface area contributed by atoms with E-state index in [9.17, 15) is 9.18 Å². The molecule has 24 heavy (non-hydrogen) atoms. The van der Waals surface area contributed by atoms with Gasteiger partial charge in [-0.25, -0.2) is 4.39 Å². The van der Waals surface area contributed by atoms with E-state index in [4.69, 9.17) is 13.9 Å². The number of ether oxygens (including phenoxy) is 2. The monoisotopic (exact) mass is 333 g/mol. The highest BCUT2D eigenvalue weighted by atomic mass is 19.1. The van der Waals surface area contributed by atoms with Crippen molar-refractivity contribution in [1.29, 1.82) is 0 Å². The molecule has 1 aliphatic rings. The Labute approximate surface area is 140 Å². The first-order valence-electron chi connectivity index (χ1n) is 7.90. The van der Waals surface area contributed by atoms with Crippen molar-refractivity contribution in [1.82, 2.24) is 4.90 Å². The van der Waals surface area contributed by atoms with Crippen LogP contribution in [0.1, 0.15) is 22.8 Å². The van der Waals surface area contributed by atoms with Crippen molar-refractivity contribution in [3.05, 3.63) is 53.7 Å². The second kappa shape index (κ2) is 7.59. The molecule has 1 fully saturated rings. The Morgan fingerprint density at radius 3 is 3.00 bits per heavy atom. The first-order chi connectivity index (χ1) is 11.6. The lowest BCUT2D eigenvalue weighted by Crippen LogP contribution is -2.44. The molecular weight excluding hydrogens is 313 g/mol. The fraction of sp³-hybridized carbons (Fsp3) is 0.389. The Hall–Kier alpha value is -2.18. The van der Waals surface area contributed by atoms with Crippen LogP contribution in [0, 0.1) is 5.82 Å². The maximum absolute atomic E-state index is 13.8. The molecule has 1 aromatic carbocycles. The molecule has 0 amide bonds. The molecule has 1 saturated heterocycles. The zero-order chi connectivity index (χ0) is 16.9. The van der Waals surface area contributed by atoms with Gasteiger partial charge in [0.1, 0.15) is 24.3 Å². The molecule has 2 heterocycles. The molecule has 6 heteroatoms. The van der Waals surface area contributed by atoms with E-state index in [1.165, 1.54) is 19.1 Å². The van der Waals surface area contributed by atoms with Crippen LogP contribution in [0.15, 0.2) is 41.2 Å². The van der Waals surface area contributed by atoms with Gasteiger partial charge in [-0.1, -0.05) is 0 Å². The first-order valence-corrected chi connectivity index (χ1v) is 7.90. The lowest BCUT2D eigenvalue weighted by Gasteiger charge is -2.32. The van der Waals surface area contributed by atoms with Gasteiger partial charge in [0.15, 0.2) is 5.78 Å². The number of halogens is 1. The van der Waals surface area contributed by atoms with Crippen molar-refractivity contribution in [2.45, 2.75) is 19.6 Å². The number of rotatable bonds is 6. The molecular formula is C18H20FNO4. The second-order valence-electron chi connectivity index (χ2n) is 5.87. The third-order valence-corrected chi connectivity index (χ3v) is 3.96. The summed E-state index contributed by atoms with van der Waals surface area (Å²) in [5.41, 5.74) is 1.20. The number of hydrogen-bond acceptors (Lipinski definition) is 5. The molecule has 0 N–H and O–H groups in total. The van der Waals surface area contributed by atoms with Crippen LogP contribution >= 0.6 is 0 Å². The van der Waals surface area contributed by atoms with E-state index in [2.05, 4.69) is 4.90 Å². The van der Waals surface area contributed by atoms with Gasteiger partial charge in [0.05, 0.1) is 24.7 Å². The van der Waals surface area contributed by atoms with Gasteiger partial charge in [0.25, 0.3) is 0 Å². The molecule has 5 nitrogen and oxygen atoms in total. The van der Waals surface area contributed by atoms with Gasteiger partial charge in [0, 0.05) is 31.3 Å². The smallest absolute Gasteiger partial charge is 0.162 e. The largest absolute Gasteiger partial charge is 0.491 e. The molecule has 2 aromatic rings. The summed E-state index contributed by atoms with van der Waals surface area (Å²) in [5.74, 6) is -0.469. The predicted octanol–water partition coefficient (Wildman–Crippen LogP) is 2.90. The highest BCUT2D eigenvalue weighted by Crippen LogP contribution is 2.18. The van der Waals surface area contributed by atoms with E-state index in [-0.39, 0.29) is 17.5 Å². The molecule has 0 radical (unpaired) electrons. The van der Waals surface area contributed by atoms with Crippen LogP contribution in [0.25, 0.3) is 0 Å². The molecule has 1 unspecified atom stereocenters. The summed E-state index contributed by atoms with van der Waals surface area (Å²) < 4.78 is 30.2. The van der Waals surface area contributed by atoms with Crippen LogP contribution < -0.4 is 4.74 Å². The highest BCUT2D eigenvalue weighted by molar-refractivity contribution is 5.94. The van der Waals surface area contributed by atoms with Gasteiger partial charge in [0.2, 0.25) is 0 Å². The van der Waals surface area contributed by atoms with Crippen molar-refractivity contribution in [2.75, 3.05) is 26.3 Å². The Morgan fingerprint density at radius 2 is 2.29 bits per heavy atom. The van der Waals surface area contributed by atoms with E-state index in [0.717, 1.165) is 25.2 Å². The third kappa shape index (κ3) is 4.21. The lowest BCUT2D eigenvalue weighted by molar-refractivity contribution is -0.0504. The van der Waals surface area contributed by atoms with Gasteiger partial charge in [-0.15, -0.1) is 0 Å². The van der Waals surface area contributed by atoms with Gasteiger partial charge < -0.3 is 13.9 Å². The molecule has 0 bridgehead atoms. The van der Waals surface area contributed by atoms with Gasteiger partial charge in [-0.05, 0) is 25.1 Å². The van der Waals surface area contributed by atoms with E-state index < -0.39 is 5.82 Å². The number of hydrogen-bond donors (Lipinski definition) is 0. The number of ketones is 1.